The average Bonchev–Trinajstić information content (AvgIpc) is 2.80. The largest absolute Gasteiger partial charge is 0.477 e. The summed E-state index contributed by atoms with van der Waals surface area (Å²) >= 11 is 2.75. The summed E-state index contributed by atoms with van der Waals surface area (Å²) < 4.78 is 0. The summed E-state index contributed by atoms with van der Waals surface area (Å²) in [6.07, 6.45) is 3.23. The number of amides is 3. The Morgan fingerprint density at radius 2 is 1.94 bits per heavy atom. The smallest absolute Gasteiger partial charge is 0.352 e. The van der Waals surface area contributed by atoms with Gasteiger partial charge in [0.15, 0.2) is 5.16 Å². The fraction of sp³-hybridized carbons (Fsp3) is 0.250. The number of carboxylic acid groups (broad SMARTS) is 1. The second-order valence-electron chi connectivity index (χ2n) is 6.78. The minimum Gasteiger partial charge on any atom is -0.477 e. The molecule has 4 rings (SSSR count). The number of aliphatic carboxylic acids is 1. The molecule has 9 nitrogen and oxygen atoms in total. The normalized spacial score (nSPS) is 20.0. The van der Waals surface area contributed by atoms with E-state index in [4.69, 9.17) is 0 Å². The van der Waals surface area contributed by atoms with Gasteiger partial charge in [-0.05, 0) is 17.2 Å². The van der Waals surface area contributed by atoms with Gasteiger partial charge in [0.2, 0.25) is 0 Å². The summed E-state index contributed by atoms with van der Waals surface area (Å²) in [6, 6.07) is 9.89. The highest BCUT2D eigenvalue weighted by Gasteiger charge is 2.54. The first kappa shape index (κ1) is 21.2. The van der Waals surface area contributed by atoms with Crippen LogP contribution in [0.2, 0.25) is 0 Å². The van der Waals surface area contributed by atoms with Crippen molar-refractivity contribution in [2.24, 2.45) is 0 Å². The lowest BCUT2D eigenvalue weighted by molar-refractivity contribution is -0.148. The van der Waals surface area contributed by atoms with Gasteiger partial charge in [-0.1, -0.05) is 42.1 Å². The van der Waals surface area contributed by atoms with E-state index in [2.05, 4.69) is 20.6 Å². The van der Waals surface area contributed by atoms with E-state index in [9.17, 15) is 19.5 Å². The van der Waals surface area contributed by atoms with Crippen LogP contribution in [0, 0.1) is 0 Å². The minimum atomic E-state index is -1.16. The van der Waals surface area contributed by atoms with E-state index in [1.54, 1.807) is 18.5 Å². The molecule has 11 heteroatoms. The molecule has 1 aromatic heterocycles. The first-order valence-corrected chi connectivity index (χ1v) is 11.5. The topological polar surface area (TPSA) is 125 Å². The Morgan fingerprint density at radius 3 is 2.65 bits per heavy atom. The Morgan fingerprint density at radius 1 is 1.19 bits per heavy atom. The maximum absolute atomic E-state index is 12.7. The number of nitrogens with one attached hydrogen (secondary N) is 2. The van der Waals surface area contributed by atoms with Gasteiger partial charge in [-0.3, -0.25) is 9.69 Å². The van der Waals surface area contributed by atoms with Gasteiger partial charge in [-0.2, -0.15) is 0 Å². The van der Waals surface area contributed by atoms with Crippen LogP contribution in [-0.4, -0.2) is 60.8 Å². The average molecular weight is 458 g/mol. The van der Waals surface area contributed by atoms with E-state index in [0.717, 1.165) is 5.56 Å². The number of hydrogen-bond donors (Lipinski definition) is 3. The quantitative estimate of drug-likeness (QED) is 0.326. The third kappa shape index (κ3) is 4.67. The molecule has 1 saturated heterocycles. The number of aromatic nitrogens is 2. The second-order valence-corrected chi connectivity index (χ2v) is 8.82. The number of carboxylic acids is 1. The molecule has 0 spiro atoms. The van der Waals surface area contributed by atoms with Crippen molar-refractivity contribution in [2.45, 2.75) is 23.1 Å². The summed E-state index contributed by atoms with van der Waals surface area (Å²) in [5.41, 5.74) is 1.55. The van der Waals surface area contributed by atoms with Crippen LogP contribution in [-0.2, 0) is 16.1 Å². The minimum absolute atomic E-state index is 0.0140. The lowest BCUT2D eigenvalue weighted by atomic mass is 10.0. The third-order valence-corrected chi connectivity index (χ3v) is 7.05. The summed E-state index contributed by atoms with van der Waals surface area (Å²) in [6.45, 7) is 0.332. The Hall–Kier alpha value is -3.05. The van der Waals surface area contributed by atoms with Crippen molar-refractivity contribution in [3.8, 4) is 0 Å². The number of thioether (sulfide) groups is 2. The molecule has 160 valence electrons. The number of nitrogens with zero attached hydrogens (tertiary/aromatic N) is 3. The first-order chi connectivity index (χ1) is 15.0. The Bertz CT molecular complexity index is 1020. The number of fused-ring (bicyclic) bond motifs is 1. The second kappa shape index (κ2) is 9.40. The lowest BCUT2D eigenvalue weighted by Crippen LogP contribution is -2.71. The van der Waals surface area contributed by atoms with Gasteiger partial charge >= 0.3 is 12.0 Å². The highest BCUT2D eigenvalue weighted by atomic mass is 32.2. The van der Waals surface area contributed by atoms with Gasteiger partial charge in [-0.25, -0.2) is 19.6 Å². The van der Waals surface area contributed by atoms with E-state index in [-0.39, 0.29) is 5.70 Å². The zero-order chi connectivity index (χ0) is 21.8. The van der Waals surface area contributed by atoms with Crippen LogP contribution in [0.25, 0.3) is 0 Å². The molecule has 2 aliphatic rings. The number of benzene rings is 1. The zero-order valence-electron chi connectivity index (χ0n) is 16.2. The van der Waals surface area contributed by atoms with Gasteiger partial charge in [0.25, 0.3) is 5.91 Å². The highest BCUT2D eigenvalue weighted by molar-refractivity contribution is 8.01. The Balaban J connectivity index is 1.38. The lowest BCUT2D eigenvalue weighted by Gasteiger charge is -2.49. The van der Waals surface area contributed by atoms with Crippen molar-refractivity contribution in [1.29, 1.82) is 0 Å². The van der Waals surface area contributed by atoms with Gasteiger partial charge in [0, 0.05) is 30.4 Å². The Labute approximate surface area is 186 Å². The SMILES string of the molecule is O=C(NCc1ccccc1)NC1C(=O)N2C(C(=O)O)=C(CSc3ncccn3)CS[C@H]12. The molecule has 1 aromatic carbocycles. The maximum Gasteiger partial charge on any atom is 0.352 e. The number of urea groups is 1. The van der Waals surface area contributed by atoms with E-state index in [0.29, 0.717) is 28.8 Å². The highest BCUT2D eigenvalue weighted by Crippen LogP contribution is 2.41. The molecule has 0 radical (unpaired) electrons. The summed E-state index contributed by atoms with van der Waals surface area (Å²) in [5, 5.41) is 15.2. The van der Waals surface area contributed by atoms with Crippen LogP contribution >= 0.6 is 23.5 Å². The fourth-order valence-electron chi connectivity index (χ4n) is 3.28. The molecule has 3 amide bonds. The maximum atomic E-state index is 12.7. The molecule has 3 heterocycles. The molecular formula is C20H19N5O4S2. The van der Waals surface area contributed by atoms with Crippen molar-refractivity contribution in [2.75, 3.05) is 11.5 Å². The Kier molecular flexibility index (Phi) is 6.42. The van der Waals surface area contributed by atoms with Crippen molar-refractivity contribution < 1.29 is 19.5 Å². The van der Waals surface area contributed by atoms with Crippen LogP contribution < -0.4 is 10.6 Å². The van der Waals surface area contributed by atoms with Crippen molar-refractivity contribution >= 4 is 41.4 Å². The standard InChI is InChI=1S/C20H19N5O4S2/c26-16-14(24-19(29)23-9-12-5-2-1-3-6-12)17-25(16)15(18(27)28)13(10-30-17)11-31-20-21-7-4-8-22-20/h1-8,14,17H,9-11H2,(H,27,28)(H2,23,24,29)/t14?,17-/m1/s1. The molecule has 2 aliphatic heterocycles. The van der Waals surface area contributed by atoms with Crippen molar-refractivity contribution in [3.63, 3.8) is 0 Å². The molecule has 0 saturated carbocycles. The van der Waals surface area contributed by atoms with Gasteiger partial charge < -0.3 is 15.7 Å². The molecule has 0 aliphatic carbocycles. The van der Waals surface area contributed by atoms with Crippen LogP contribution in [0.15, 0.2) is 65.2 Å². The number of rotatable bonds is 7. The van der Waals surface area contributed by atoms with Crippen LogP contribution in [0.5, 0.6) is 0 Å². The number of carbonyl (C=O) groups is 3. The molecule has 31 heavy (non-hydrogen) atoms. The number of β-lactam (4-membered cyclic amide) rings is 1. The third-order valence-electron chi connectivity index (χ3n) is 4.75. The first-order valence-electron chi connectivity index (χ1n) is 9.42. The summed E-state index contributed by atoms with van der Waals surface area (Å²) in [7, 11) is 0. The number of hydrogen-bond acceptors (Lipinski definition) is 7. The molecule has 3 N–H and O–H groups in total. The van der Waals surface area contributed by atoms with E-state index in [1.807, 2.05) is 30.3 Å². The van der Waals surface area contributed by atoms with Crippen LogP contribution in [0.4, 0.5) is 4.79 Å². The monoisotopic (exact) mass is 457 g/mol. The molecule has 1 unspecified atom stereocenters. The molecule has 1 fully saturated rings. The van der Waals surface area contributed by atoms with Crippen LogP contribution in [0.1, 0.15) is 5.56 Å². The van der Waals surface area contributed by atoms with Gasteiger partial charge in [0.05, 0.1) is 0 Å². The van der Waals surface area contributed by atoms with Crippen molar-refractivity contribution in [3.05, 3.63) is 65.6 Å². The molecular weight excluding hydrogens is 438 g/mol. The molecule has 0 bridgehead atoms. The molecule has 2 atom stereocenters. The predicted octanol–water partition coefficient (Wildman–Crippen LogP) is 1.69. The number of carbonyl (C=O) groups excluding carboxylic acids is 2. The summed E-state index contributed by atoms with van der Waals surface area (Å²) in [4.78, 5) is 46.3. The summed E-state index contributed by atoms with van der Waals surface area (Å²) in [5.74, 6) is -0.775. The van der Waals surface area contributed by atoms with Crippen molar-refractivity contribution in [1.82, 2.24) is 25.5 Å². The molecule has 2 aromatic rings. The zero-order valence-corrected chi connectivity index (χ0v) is 17.9. The van der Waals surface area contributed by atoms with Gasteiger partial charge in [-0.15, -0.1) is 11.8 Å². The van der Waals surface area contributed by atoms with E-state index in [1.165, 1.54) is 28.4 Å². The predicted molar refractivity (Wildman–Crippen MR) is 116 cm³/mol. The van der Waals surface area contributed by atoms with Gasteiger partial charge in [0.1, 0.15) is 17.1 Å². The van der Waals surface area contributed by atoms with Crippen LogP contribution in [0.3, 0.4) is 0 Å². The fourth-order valence-corrected chi connectivity index (χ4v) is 5.56. The van der Waals surface area contributed by atoms with E-state index < -0.39 is 29.3 Å². The van der Waals surface area contributed by atoms with E-state index >= 15 is 0 Å².